The fraction of sp³-hybridized carbons (Fsp3) is 0.308. The highest BCUT2D eigenvalue weighted by atomic mass is 35.5. The second-order valence-corrected chi connectivity index (χ2v) is 11.0. The lowest BCUT2D eigenvalue weighted by atomic mass is 10.1. The highest BCUT2D eigenvalue weighted by molar-refractivity contribution is 7.10. The van der Waals surface area contributed by atoms with Gasteiger partial charge in [0.2, 0.25) is 0 Å². The second kappa shape index (κ2) is 9.77. The summed E-state index contributed by atoms with van der Waals surface area (Å²) in [5.41, 5.74) is 2.39. The summed E-state index contributed by atoms with van der Waals surface area (Å²) in [6, 6.07) is 6.94. The van der Waals surface area contributed by atoms with Gasteiger partial charge in [0, 0.05) is 36.1 Å². The number of hydrogen-bond acceptors (Lipinski definition) is 7. The second-order valence-electron chi connectivity index (χ2n) is 9.57. The normalized spacial score (nSPS) is 15.0. The van der Waals surface area contributed by atoms with E-state index in [0.29, 0.717) is 52.2 Å². The molecule has 3 aromatic heterocycles. The Morgan fingerprint density at radius 3 is 2.54 bits per heavy atom. The minimum Gasteiger partial charge on any atom is -0.381 e. The van der Waals surface area contributed by atoms with Gasteiger partial charge in [0.05, 0.1) is 32.9 Å². The number of nitrogens with zero attached hydrogens (tertiary/aromatic N) is 3. The van der Waals surface area contributed by atoms with E-state index in [4.69, 9.17) is 11.6 Å². The Labute approximate surface area is 222 Å². The van der Waals surface area contributed by atoms with Crippen molar-refractivity contribution in [2.45, 2.75) is 32.4 Å². The minimum absolute atomic E-state index is 0.00402. The summed E-state index contributed by atoms with van der Waals surface area (Å²) in [6.07, 6.45) is 2.28. The maximum Gasteiger partial charge on any atom is 0.261 e. The van der Waals surface area contributed by atoms with Gasteiger partial charge in [0.15, 0.2) is 0 Å². The molecule has 0 bridgehead atoms. The lowest BCUT2D eigenvalue weighted by Crippen LogP contribution is -2.41. The number of hydrogen-bond donors (Lipinski definition) is 3. The van der Waals surface area contributed by atoms with Crippen LogP contribution in [0.4, 0.5) is 5.69 Å². The number of aromatic amines is 2. The SMILES string of the molecule is C[C@H](CN1C(=O)c2cc3nc(-c4c(N[C@@H](C)Cc5sccc5Cl)cc[nH]c4=O)[nH]c3cc2C1=O)N(C)C. The summed E-state index contributed by atoms with van der Waals surface area (Å²) >= 11 is 7.85. The number of carbonyl (C=O) groups is 2. The van der Waals surface area contributed by atoms with E-state index in [-0.39, 0.29) is 29.5 Å². The molecule has 2 atom stereocenters. The molecule has 192 valence electrons. The number of nitrogens with one attached hydrogen (secondary N) is 3. The van der Waals surface area contributed by atoms with Crippen molar-refractivity contribution in [2.75, 3.05) is 26.0 Å². The first kappa shape index (κ1) is 25.2. The molecule has 1 aromatic carbocycles. The van der Waals surface area contributed by atoms with Gasteiger partial charge >= 0.3 is 0 Å². The Bertz CT molecular complexity index is 1520. The van der Waals surface area contributed by atoms with Crippen LogP contribution in [0.2, 0.25) is 5.02 Å². The molecule has 11 heteroatoms. The quantitative estimate of drug-likeness (QED) is 0.289. The number of aromatic nitrogens is 3. The van der Waals surface area contributed by atoms with Gasteiger partial charge in [-0.1, -0.05) is 11.6 Å². The van der Waals surface area contributed by atoms with Crippen LogP contribution in [0.1, 0.15) is 39.4 Å². The summed E-state index contributed by atoms with van der Waals surface area (Å²) in [5.74, 6) is -0.309. The number of halogens is 1. The number of H-pyrrole nitrogens is 2. The molecule has 4 aromatic rings. The van der Waals surface area contributed by atoms with Crippen LogP contribution in [-0.2, 0) is 6.42 Å². The van der Waals surface area contributed by atoms with Crippen LogP contribution in [0.25, 0.3) is 22.4 Å². The molecule has 0 radical (unpaired) electrons. The molecule has 37 heavy (non-hydrogen) atoms. The van der Waals surface area contributed by atoms with Crippen molar-refractivity contribution in [2.24, 2.45) is 0 Å². The molecule has 4 heterocycles. The molecule has 0 saturated carbocycles. The third-order valence-corrected chi connectivity index (χ3v) is 8.09. The highest BCUT2D eigenvalue weighted by Crippen LogP contribution is 2.31. The Hall–Kier alpha value is -3.47. The van der Waals surface area contributed by atoms with Crippen molar-refractivity contribution in [1.29, 1.82) is 0 Å². The van der Waals surface area contributed by atoms with Crippen LogP contribution in [0, 0.1) is 0 Å². The number of pyridine rings is 1. The molecule has 9 nitrogen and oxygen atoms in total. The van der Waals surface area contributed by atoms with Crippen LogP contribution >= 0.6 is 22.9 Å². The van der Waals surface area contributed by atoms with Crippen LogP contribution < -0.4 is 10.9 Å². The zero-order valence-electron chi connectivity index (χ0n) is 20.9. The van der Waals surface area contributed by atoms with Gasteiger partial charge in [0.25, 0.3) is 17.4 Å². The Balaban J connectivity index is 1.46. The Kier molecular flexibility index (Phi) is 6.65. The summed E-state index contributed by atoms with van der Waals surface area (Å²) in [4.78, 5) is 53.8. The monoisotopic (exact) mass is 538 g/mol. The molecule has 0 saturated heterocycles. The summed E-state index contributed by atoms with van der Waals surface area (Å²) in [7, 11) is 3.81. The summed E-state index contributed by atoms with van der Waals surface area (Å²) < 4.78 is 0. The molecule has 0 spiro atoms. The van der Waals surface area contributed by atoms with E-state index in [1.165, 1.54) is 4.90 Å². The number of imide groups is 1. The topological polar surface area (TPSA) is 114 Å². The standard InChI is InChI=1S/C26H27ClN6O3S/c1-13(9-21-17(27)6-8-37-21)29-18-5-7-28-24(34)22(18)23-30-19-10-15-16(11-20(19)31-23)26(36)33(25(15)35)12-14(2)32(3)4/h5-8,10-11,13-14H,9,12H2,1-4H3,(H,30,31)(H2,28,29,34)/t13-,14+/m0/s1. The Morgan fingerprint density at radius 1 is 1.14 bits per heavy atom. The Morgan fingerprint density at radius 2 is 1.86 bits per heavy atom. The maximum absolute atomic E-state index is 13.0. The van der Waals surface area contributed by atoms with Crippen molar-refractivity contribution in [3.05, 3.63) is 67.2 Å². The van der Waals surface area contributed by atoms with Gasteiger partial charge in [-0.3, -0.25) is 19.3 Å². The zero-order valence-corrected chi connectivity index (χ0v) is 22.5. The summed E-state index contributed by atoms with van der Waals surface area (Å²) in [6.45, 7) is 4.28. The lowest BCUT2D eigenvalue weighted by molar-refractivity contribution is 0.0618. The fourth-order valence-corrected chi connectivity index (χ4v) is 5.65. The number of thiophene rings is 1. The predicted molar refractivity (Wildman–Crippen MR) is 147 cm³/mol. The molecule has 2 amide bonds. The largest absolute Gasteiger partial charge is 0.381 e. The van der Waals surface area contributed by atoms with Crippen LogP contribution in [0.3, 0.4) is 0 Å². The van der Waals surface area contributed by atoms with E-state index >= 15 is 0 Å². The van der Waals surface area contributed by atoms with Gasteiger partial charge in [0.1, 0.15) is 11.4 Å². The summed E-state index contributed by atoms with van der Waals surface area (Å²) in [5, 5.41) is 6.08. The third-order valence-electron chi connectivity index (χ3n) is 6.68. The number of amides is 2. The van der Waals surface area contributed by atoms with Gasteiger partial charge in [-0.05, 0) is 57.6 Å². The molecular formula is C26H27ClN6O3S. The first-order valence-electron chi connectivity index (χ1n) is 11.9. The molecule has 1 aliphatic rings. The molecule has 1 aliphatic heterocycles. The molecule has 0 fully saturated rings. The molecule has 0 aliphatic carbocycles. The van der Waals surface area contributed by atoms with Crippen LogP contribution in [0.15, 0.2) is 40.6 Å². The van der Waals surface area contributed by atoms with Gasteiger partial charge in [-0.15, -0.1) is 11.3 Å². The first-order valence-corrected chi connectivity index (χ1v) is 13.2. The average Bonchev–Trinajstić information content (AvgIpc) is 3.50. The number of carbonyl (C=O) groups excluding carboxylic acids is 2. The number of fused-ring (bicyclic) bond motifs is 2. The fourth-order valence-electron chi connectivity index (χ4n) is 4.40. The van der Waals surface area contributed by atoms with Crippen molar-refractivity contribution in [3.8, 4) is 11.4 Å². The van der Waals surface area contributed by atoms with E-state index in [9.17, 15) is 14.4 Å². The van der Waals surface area contributed by atoms with Crippen molar-refractivity contribution in [3.63, 3.8) is 0 Å². The van der Waals surface area contributed by atoms with E-state index in [0.717, 1.165) is 9.90 Å². The van der Waals surface area contributed by atoms with Crippen molar-refractivity contribution >= 4 is 51.5 Å². The smallest absolute Gasteiger partial charge is 0.261 e. The number of likely N-dealkylation sites (N-methyl/N-ethyl adjacent to an activating group) is 1. The van der Waals surface area contributed by atoms with E-state index in [1.807, 2.05) is 44.3 Å². The maximum atomic E-state index is 13.0. The van der Waals surface area contributed by atoms with Crippen LogP contribution in [0.5, 0.6) is 0 Å². The highest BCUT2D eigenvalue weighted by Gasteiger charge is 2.37. The number of anilines is 1. The average molecular weight is 539 g/mol. The predicted octanol–water partition coefficient (Wildman–Crippen LogP) is 4.22. The van der Waals surface area contributed by atoms with Gasteiger partial charge in [-0.2, -0.15) is 0 Å². The van der Waals surface area contributed by atoms with E-state index in [2.05, 4.69) is 20.3 Å². The van der Waals surface area contributed by atoms with Gasteiger partial charge in [-0.25, -0.2) is 4.98 Å². The lowest BCUT2D eigenvalue weighted by Gasteiger charge is -2.24. The number of benzene rings is 1. The minimum atomic E-state index is -0.332. The van der Waals surface area contributed by atoms with E-state index in [1.54, 1.807) is 35.7 Å². The van der Waals surface area contributed by atoms with Crippen molar-refractivity contribution in [1.82, 2.24) is 24.8 Å². The molecule has 0 unspecified atom stereocenters. The molecule has 5 rings (SSSR count). The molecular weight excluding hydrogens is 512 g/mol. The number of rotatable bonds is 8. The first-order chi connectivity index (χ1) is 17.6. The van der Waals surface area contributed by atoms with E-state index < -0.39 is 0 Å². The van der Waals surface area contributed by atoms with Crippen molar-refractivity contribution < 1.29 is 9.59 Å². The van der Waals surface area contributed by atoms with Gasteiger partial charge < -0.3 is 20.2 Å². The number of imidazole rings is 1. The third kappa shape index (κ3) is 4.68. The zero-order chi connectivity index (χ0) is 26.4. The molecule has 3 N–H and O–H groups in total. The van der Waals surface area contributed by atoms with Crippen LogP contribution in [-0.4, -0.2) is 69.3 Å².